The van der Waals surface area contributed by atoms with Crippen LogP contribution in [-0.2, 0) is 26.1 Å². The van der Waals surface area contributed by atoms with E-state index in [0.29, 0.717) is 11.5 Å². The Morgan fingerprint density at radius 2 is 2.08 bits per heavy atom. The summed E-state index contributed by atoms with van der Waals surface area (Å²) in [5.74, 6) is 1.10. The van der Waals surface area contributed by atoms with Gasteiger partial charge in [-0.25, -0.2) is 9.97 Å². The fourth-order valence-corrected chi connectivity index (χ4v) is 4.00. The molecule has 0 fully saturated rings. The smallest absolute Gasteiger partial charge is 0.275 e. The third-order valence-corrected chi connectivity index (χ3v) is 5.62. The molecule has 0 amide bonds. The van der Waals surface area contributed by atoms with E-state index in [1.807, 2.05) is 6.92 Å². The van der Waals surface area contributed by atoms with Gasteiger partial charge in [0.1, 0.15) is 10.8 Å². The number of fused-ring (bicyclic) bond motifs is 2. The molecule has 7 nitrogen and oxygen atoms in total. The number of hydrogen-bond acceptors (Lipinski definition) is 6. The Hall–Kier alpha value is -2.06. The minimum Gasteiger partial charge on any atom is -0.330 e. The highest BCUT2D eigenvalue weighted by molar-refractivity contribution is 7.16. The Labute approximate surface area is 143 Å². The Bertz CT molecular complexity index is 969. The predicted octanol–water partition coefficient (Wildman–Crippen LogP) is 1.54. The lowest BCUT2D eigenvalue weighted by Crippen LogP contribution is -2.34. The predicted molar refractivity (Wildman–Crippen MR) is 92.3 cm³/mol. The van der Waals surface area contributed by atoms with Crippen molar-refractivity contribution < 1.29 is 0 Å². The van der Waals surface area contributed by atoms with Gasteiger partial charge < -0.3 is 4.57 Å². The van der Waals surface area contributed by atoms with Crippen molar-refractivity contribution in [3.8, 4) is 0 Å². The summed E-state index contributed by atoms with van der Waals surface area (Å²) in [6.07, 6.45) is 0.816. The molecular formula is C16H20N6OS. The van der Waals surface area contributed by atoms with Gasteiger partial charge in [-0.3, -0.25) is 9.69 Å². The molecule has 0 atom stereocenters. The highest BCUT2D eigenvalue weighted by atomic mass is 32.1. The van der Waals surface area contributed by atoms with Crippen molar-refractivity contribution in [3.05, 3.63) is 44.3 Å². The molecule has 3 aromatic heterocycles. The molecule has 4 rings (SSSR count). The first-order valence-corrected chi connectivity index (χ1v) is 9.00. The Kier molecular flexibility index (Phi) is 3.73. The van der Waals surface area contributed by atoms with E-state index in [4.69, 9.17) is 0 Å². The van der Waals surface area contributed by atoms with Gasteiger partial charge in [-0.1, -0.05) is 18.3 Å². The van der Waals surface area contributed by atoms with Crippen LogP contribution in [0.1, 0.15) is 34.8 Å². The number of imidazole rings is 1. The van der Waals surface area contributed by atoms with Crippen LogP contribution in [0.25, 0.3) is 4.96 Å². The average Bonchev–Trinajstić information content (AvgIpc) is 3.09. The molecule has 0 aromatic carbocycles. The Morgan fingerprint density at radius 1 is 1.25 bits per heavy atom. The second kappa shape index (κ2) is 5.78. The third kappa shape index (κ3) is 2.55. The third-order valence-electron chi connectivity index (χ3n) is 4.57. The fourth-order valence-electron chi connectivity index (χ4n) is 3.15. The molecule has 0 radical (unpaired) electrons. The molecule has 0 saturated carbocycles. The monoisotopic (exact) mass is 344 g/mol. The molecule has 4 heterocycles. The summed E-state index contributed by atoms with van der Waals surface area (Å²) in [6.45, 7) is 9.53. The van der Waals surface area contributed by atoms with E-state index in [2.05, 4.69) is 38.4 Å². The van der Waals surface area contributed by atoms with Crippen LogP contribution in [-0.4, -0.2) is 35.6 Å². The van der Waals surface area contributed by atoms with Crippen molar-refractivity contribution in [2.45, 2.75) is 46.8 Å². The van der Waals surface area contributed by atoms with Crippen LogP contribution in [0.4, 0.5) is 0 Å². The van der Waals surface area contributed by atoms with Crippen molar-refractivity contribution in [2.75, 3.05) is 6.54 Å². The maximum atomic E-state index is 12.2. The quantitative estimate of drug-likeness (QED) is 0.721. The summed E-state index contributed by atoms with van der Waals surface area (Å²) >= 11 is 1.49. The van der Waals surface area contributed by atoms with Crippen LogP contribution in [0.3, 0.4) is 0 Å². The van der Waals surface area contributed by atoms with Gasteiger partial charge in [0.05, 0.1) is 17.9 Å². The summed E-state index contributed by atoms with van der Waals surface area (Å²) in [4.78, 5) is 24.5. The van der Waals surface area contributed by atoms with E-state index in [9.17, 15) is 4.79 Å². The molecule has 0 N–H and O–H groups in total. The van der Waals surface area contributed by atoms with Crippen LogP contribution in [0.15, 0.2) is 10.9 Å². The van der Waals surface area contributed by atoms with E-state index >= 15 is 0 Å². The van der Waals surface area contributed by atoms with Crippen LogP contribution in [0.2, 0.25) is 0 Å². The summed E-state index contributed by atoms with van der Waals surface area (Å²) in [5, 5.41) is 5.23. The number of aromatic nitrogens is 5. The molecule has 3 aromatic rings. The lowest BCUT2D eigenvalue weighted by Gasteiger charge is -2.27. The Morgan fingerprint density at radius 3 is 2.88 bits per heavy atom. The zero-order chi connectivity index (χ0) is 16.8. The maximum absolute atomic E-state index is 12.2. The summed E-state index contributed by atoms with van der Waals surface area (Å²) in [7, 11) is 0. The summed E-state index contributed by atoms with van der Waals surface area (Å²) in [6, 6.07) is 1.60. The number of nitrogens with zero attached hydrogens (tertiary/aromatic N) is 6. The second-order valence-electron chi connectivity index (χ2n) is 6.19. The summed E-state index contributed by atoms with van der Waals surface area (Å²) in [5.41, 5.74) is 3.05. The molecule has 0 saturated heterocycles. The SMILES string of the molecule is CCc1nn2c(=O)cc(CN3CCn4c(nc(C)c4C)C3)nc2s1. The van der Waals surface area contributed by atoms with Crippen molar-refractivity contribution in [2.24, 2.45) is 0 Å². The van der Waals surface area contributed by atoms with E-state index in [1.54, 1.807) is 6.07 Å². The highest BCUT2D eigenvalue weighted by Crippen LogP contribution is 2.18. The molecule has 0 unspecified atom stereocenters. The fraction of sp³-hybridized carbons (Fsp3) is 0.500. The first kappa shape index (κ1) is 15.5. The van der Waals surface area contributed by atoms with Crippen molar-refractivity contribution in [3.63, 3.8) is 0 Å². The first-order valence-electron chi connectivity index (χ1n) is 8.18. The number of aryl methyl sites for hydroxylation is 2. The van der Waals surface area contributed by atoms with Gasteiger partial charge in [-0.2, -0.15) is 9.61 Å². The van der Waals surface area contributed by atoms with Crippen LogP contribution < -0.4 is 5.56 Å². The summed E-state index contributed by atoms with van der Waals surface area (Å²) < 4.78 is 3.69. The molecule has 0 bridgehead atoms. The molecule has 8 heteroatoms. The van der Waals surface area contributed by atoms with E-state index in [1.165, 1.54) is 21.5 Å². The molecule has 0 spiro atoms. The average molecular weight is 344 g/mol. The zero-order valence-corrected chi connectivity index (χ0v) is 14.9. The maximum Gasteiger partial charge on any atom is 0.275 e. The molecule has 0 aliphatic carbocycles. The zero-order valence-electron chi connectivity index (χ0n) is 14.1. The molecule has 1 aliphatic rings. The van der Waals surface area contributed by atoms with Crippen molar-refractivity contribution in [1.82, 2.24) is 29.0 Å². The van der Waals surface area contributed by atoms with Gasteiger partial charge in [0.2, 0.25) is 4.96 Å². The van der Waals surface area contributed by atoms with Crippen molar-refractivity contribution >= 4 is 16.3 Å². The van der Waals surface area contributed by atoms with Crippen LogP contribution in [0.5, 0.6) is 0 Å². The van der Waals surface area contributed by atoms with Gasteiger partial charge in [0.15, 0.2) is 0 Å². The van der Waals surface area contributed by atoms with Gasteiger partial charge in [0, 0.05) is 31.4 Å². The lowest BCUT2D eigenvalue weighted by atomic mass is 10.3. The Balaban J connectivity index is 1.59. The van der Waals surface area contributed by atoms with Gasteiger partial charge in [-0.05, 0) is 20.3 Å². The van der Waals surface area contributed by atoms with Gasteiger partial charge in [-0.15, -0.1) is 0 Å². The number of rotatable bonds is 3. The van der Waals surface area contributed by atoms with E-state index < -0.39 is 0 Å². The molecule has 24 heavy (non-hydrogen) atoms. The number of hydrogen-bond donors (Lipinski definition) is 0. The minimum atomic E-state index is -0.101. The standard InChI is InChI=1S/C16H20N6OS/c1-4-14-19-22-15(23)7-12(18-16(22)24-14)8-20-5-6-21-11(3)10(2)17-13(21)9-20/h7H,4-6,8-9H2,1-3H3. The first-order chi connectivity index (χ1) is 11.5. The lowest BCUT2D eigenvalue weighted by molar-refractivity contribution is 0.205. The van der Waals surface area contributed by atoms with Crippen molar-refractivity contribution in [1.29, 1.82) is 0 Å². The van der Waals surface area contributed by atoms with Crippen LogP contribution in [0, 0.1) is 13.8 Å². The van der Waals surface area contributed by atoms with E-state index in [0.717, 1.165) is 48.3 Å². The molecular weight excluding hydrogens is 324 g/mol. The highest BCUT2D eigenvalue weighted by Gasteiger charge is 2.21. The van der Waals surface area contributed by atoms with Gasteiger partial charge in [0.25, 0.3) is 5.56 Å². The normalized spacial score (nSPS) is 15.1. The second-order valence-corrected chi connectivity index (χ2v) is 7.23. The molecule has 126 valence electrons. The van der Waals surface area contributed by atoms with E-state index in [-0.39, 0.29) is 5.56 Å². The topological polar surface area (TPSA) is 68.3 Å². The molecule has 1 aliphatic heterocycles. The minimum absolute atomic E-state index is 0.101. The van der Waals surface area contributed by atoms with Crippen LogP contribution >= 0.6 is 11.3 Å². The largest absolute Gasteiger partial charge is 0.330 e. The van der Waals surface area contributed by atoms with Gasteiger partial charge >= 0.3 is 0 Å².